The molecule has 0 aliphatic rings. The van der Waals surface area contributed by atoms with Gasteiger partial charge in [-0.25, -0.2) is 4.39 Å². The van der Waals surface area contributed by atoms with E-state index in [0.29, 0.717) is 24.1 Å². The van der Waals surface area contributed by atoms with Gasteiger partial charge in [-0.2, -0.15) is 0 Å². The van der Waals surface area contributed by atoms with Crippen molar-refractivity contribution in [1.29, 1.82) is 0 Å². The maximum Gasteiger partial charge on any atom is 0.191 e. The number of nitrogens with zero attached hydrogens (tertiary/aromatic N) is 1. The van der Waals surface area contributed by atoms with Crippen molar-refractivity contribution in [2.24, 2.45) is 4.99 Å². The van der Waals surface area contributed by atoms with E-state index in [2.05, 4.69) is 15.6 Å². The van der Waals surface area contributed by atoms with E-state index in [1.54, 1.807) is 26.3 Å². The van der Waals surface area contributed by atoms with Gasteiger partial charge in [-0.1, -0.05) is 41.9 Å². The van der Waals surface area contributed by atoms with Crippen molar-refractivity contribution >= 4 is 17.6 Å². The number of rotatable bonds is 6. The third kappa shape index (κ3) is 5.22. The van der Waals surface area contributed by atoms with E-state index in [0.717, 1.165) is 11.1 Å². The Balaban J connectivity index is 1.90. The zero-order valence-corrected chi connectivity index (χ0v) is 14.5. The lowest BCUT2D eigenvalue weighted by Crippen LogP contribution is -2.39. The van der Waals surface area contributed by atoms with Gasteiger partial charge in [-0.3, -0.25) is 4.99 Å². The molecule has 1 unspecified atom stereocenters. The van der Waals surface area contributed by atoms with Gasteiger partial charge in [0.25, 0.3) is 0 Å². The van der Waals surface area contributed by atoms with Crippen LogP contribution >= 0.6 is 11.6 Å². The second-order valence-electron chi connectivity index (χ2n) is 5.17. The molecule has 128 valence electrons. The SMILES string of the molecule is CN=C(NCc1ccccc1Cl)NCC(OC)c1ccc(F)cc1. The van der Waals surface area contributed by atoms with E-state index in [9.17, 15) is 4.39 Å². The fraction of sp³-hybridized carbons (Fsp3) is 0.278. The summed E-state index contributed by atoms with van der Waals surface area (Å²) in [6.45, 7) is 1.07. The molecular weight excluding hydrogens is 329 g/mol. The van der Waals surface area contributed by atoms with Crippen LogP contribution in [0.5, 0.6) is 0 Å². The van der Waals surface area contributed by atoms with Crippen LogP contribution in [0.15, 0.2) is 53.5 Å². The summed E-state index contributed by atoms with van der Waals surface area (Å²) in [5.41, 5.74) is 1.89. The molecule has 0 fully saturated rings. The number of hydrogen-bond acceptors (Lipinski definition) is 2. The van der Waals surface area contributed by atoms with Crippen molar-refractivity contribution in [3.05, 3.63) is 70.5 Å². The minimum atomic E-state index is -0.265. The van der Waals surface area contributed by atoms with E-state index in [-0.39, 0.29) is 11.9 Å². The number of ether oxygens (including phenoxy) is 1. The minimum Gasteiger partial charge on any atom is -0.375 e. The molecule has 0 bridgehead atoms. The highest BCUT2D eigenvalue weighted by atomic mass is 35.5. The Hall–Kier alpha value is -2.11. The number of nitrogens with one attached hydrogen (secondary N) is 2. The molecule has 2 aromatic rings. The molecule has 0 spiro atoms. The first-order chi connectivity index (χ1) is 11.6. The number of methoxy groups -OCH3 is 1. The lowest BCUT2D eigenvalue weighted by molar-refractivity contribution is 0.106. The molecule has 0 aliphatic carbocycles. The van der Waals surface area contributed by atoms with Gasteiger partial charge in [0.2, 0.25) is 0 Å². The summed E-state index contributed by atoms with van der Waals surface area (Å²) < 4.78 is 18.5. The highest BCUT2D eigenvalue weighted by molar-refractivity contribution is 6.31. The molecule has 4 nitrogen and oxygen atoms in total. The van der Waals surface area contributed by atoms with Crippen molar-refractivity contribution in [2.45, 2.75) is 12.6 Å². The highest BCUT2D eigenvalue weighted by Crippen LogP contribution is 2.16. The minimum absolute atomic E-state index is 0.204. The fourth-order valence-corrected chi connectivity index (χ4v) is 2.45. The molecule has 1 atom stereocenters. The molecule has 0 saturated carbocycles. The number of guanidine groups is 1. The summed E-state index contributed by atoms with van der Waals surface area (Å²) >= 11 is 6.14. The molecule has 0 aromatic heterocycles. The molecule has 0 heterocycles. The number of hydrogen-bond donors (Lipinski definition) is 2. The molecule has 2 aromatic carbocycles. The maximum atomic E-state index is 13.0. The molecule has 6 heteroatoms. The van der Waals surface area contributed by atoms with Crippen LogP contribution in [0.1, 0.15) is 17.2 Å². The second kappa shape index (κ2) is 9.25. The average molecular weight is 350 g/mol. The quantitative estimate of drug-likeness (QED) is 0.619. The van der Waals surface area contributed by atoms with Gasteiger partial charge in [-0.15, -0.1) is 0 Å². The molecule has 0 amide bonds. The Morgan fingerprint density at radius 2 is 1.88 bits per heavy atom. The summed E-state index contributed by atoms with van der Waals surface area (Å²) in [6.07, 6.45) is -0.204. The predicted octanol–water partition coefficient (Wildman–Crippen LogP) is 3.53. The van der Waals surface area contributed by atoms with Gasteiger partial charge >= 0.3 is 0 Å². The first kappa shape index (κ1) is 18.2. The highest BCUT2D eigenvalue weighted by Gasteiger charge is 2.11. The van der Waals surface area contributed by atoms with Gasteiger partial charge in [0.1, 0.15) is 5.82 Å². The van der Waals surface area contributed by atoms with Crippen molar-refractivity contribution in [1.82, 2.24) is 10.6 Å². The Morgan fingerprint density at radius 1 is 1.17 bits per heavy atom. The van der Waals surface area contributed by atoms with Gasteiger partial charge in [-0.05, 0) is 29.3 Å². The van der Waals surface area contributed by atoms with E-state index >= 15 is 0 Å². The van der Waals surface area contributed by atoms with E-state index in [1.807, 2.05) is 24.3 Å². The van der Waals surface area contributed by atoms with Crippen molar-refractivity contribution in [2.75, 3.05) is 20.7 Å². The average Bonchev–Trinajstić information content (AvgIpc) is 2.60. The number of aliphatic imine (C=N–C) groups is 1. The third-order valence-electron chi connectivity index (χ3n) is 3.61. The molecule has 2 rings (SSSR count). The summed E-state index contributed by atoms with van der Waals surface area (Å²) in [7, 11) is 3.32. The van der Waals surface area contributed by atoms with Crippen molar-refractivity contribution < 1.29 is 9.13 Å². The Labute approximate surface area is 146 Å². The van der Waals surface area contributed by atoms with Gasteiger partial charge in [0.15, 0.2) is 5.96 Å². The normalized spacial score (nSPS) is 12.8. The lowest BCUT2D eigenvalue weighted by Gasteiger charge is -2.19. The monoisotopic (exact) mass is 349 g/mol. The summed E-state index contributed by atoms with van der Waals surface area (Å²) in [5, 5.41) is 7.12. The van der Waals surface area contributed by atoms with Crippen LogP contribution in [0.25, 0.3) is 0 Å². The van der Waals surface area contributed by atoms with E-state index < -0.39 is 0 Å². The van der Waals surface area contributed by atoms with Crippen LogP contribution in [0.2, 0.25) is 5.02 Å². The molecule has 2 N–H and O–H groups in total. The van der Waals surface area contributed by atoms with Crippen LogP contribution < -0.4 is 10.6 Å². The Morgan fingerprint density at radius 3 is 2.50 bits per heavy atom. The summed E-state index contributed by atoms with van der Waals surface area (Å²) in [5.74, 6) is 0.373. The fourth-order valence-electron chi connectivity index (χ4n) is 2.25. The van der Waals surface area contributed by atoms with Crippen LogP contribution in [-0.4, -0.2) is 26.7 Å². The molecule has 0 radical (unpaired) electrons. The molecule has 24 heavy (non-hydrogen) atoms. The van der Waals surface area contributed by atoms with Crippen molar-refractivity contribution in [3.8, 4) is 0 Å². The van der Waals surface area contributed by atoms with Crippen LogP contribution in [0, 0.1) is 5.82 Å². The number of halogens is 2. The van der Waals surface area contributed by atoms with Crippen LogP contribution in [0.4, 0.5) is 4.39 Å². The van der Waals surface area contributed by atoms with Gasteiger partial charge in [0, 0.05) is 32.3 Å². The Bertz CT molecular complexity index is 676. The van der Waals surface area contributed by atoms with Crippen molar-refractivity contribution in [3.63, 3.8) is 0 Å². The lowest BCUT2D eigenvalue weighted by atomic mass is 10.1. The standard InChI is InChI=1S/C18H21ClFN3O/c1-21-18(22-11-14-5-3-4-6-16(14)19)23-12-17(24-2)13-7-9-15(20)10-8-13/h3-10,17H,11-12H2,1-2H3,(H2,21,22,23). The Kier molecular flexibility index (Phi) is 7.03. The number of benzene rings is 2. The van der Waals surface area contributed by atoms with Crippen LogP contribution in [-0.2, 0) is 11.3 Å². The molecule has 0 aliphatic heterocycles. The van der Waals surface area contributed by atoms with Crippen LogP contribution in [0.3, 0.4) is 0 Å². The predicted molar refractivity (Wildman–Crippen MR) is 95.8 cm³/mol. The van der Waals surface area contributed by atoms with E-state index in [4.69, 9.17) is 16.3 Å². The van der Waals surface area contributed by atoms with E-state index in [1.165, 1.54) is 12.1 Å². The molecule has 0 saturated heterocycles. The second-order valence-corrected chi connectivity index (χ2v) is 5.58. The molecular formula is C18H21ClFN3O. The zero-order valence-electron chi connectivity index (χ0n) is 13.7. The zero-order chi connectivity index (χ0) is 17.4. The van der Waals surface area contributed by atoms with Gasteiger partial charge < -0.3 is 15.4 Å². The maximum absolute atomic E-state index is 13.0. The van der Waals surface area contributed by atoms with Gasteiger partial charge in [0.05, 0.1) is 6.10 Å². The first-order valence-corrected chi connectivity index (χ1v) is 7.98. The summed E-state index contributed by atoms with van der Waals surface area (Å²) in [6, 6.07) is 13.9. The summed E-state index contributed by atoms with van der Waals surface area (Å²) in [4.78, 5) is 4.18. The first-order valence-electron chi connectivity index (χ1n) is 7.60. The third-order valence-corrected chi connectivity index (χ3v) is 3.98. The smallest absolute Gasteiger partial charge is 0.191 e. The largest absolute Gasteiger partial charge is 0.375 e. The topological polar surface area (TPSA) is 45.7 Å².